The highest BCUT2D eigenvalue weighted by molar-refractivity contribution is 5.93. The molecule has 2 aliphatic heterocycles. The van der Waals surface area contributed by atoms with Crippen molar-refractivity contribution in [2.24, 2.45) is 5.41 Å². The SMILES string of the molecule is CCOC(=O)CCc1cc2c([C@H]3CNC(=O)C34CCCC4)coc2c(OCCNC)c1O[C@@H]1O[C@H](C(O)O)[C@@H](O)[C@H](O)[C@H]1O. The Bertz CT molecular complexity index is 1320. The summed E-state index contributed by atoms with van der Waals surface area (Å²) in [5.41, 5.74) is 1.05. The van der Waals surface area contributed by atoms with E-state index < -0.39 is 48.4 Å². The maximum atomic E-state index is 13.1. The molecular formula is C30H42N2O12. The van der Waals surface area contributed by atoms with Crippen molar-refractivity contribution >= 4 is 22.8 Å². The van der Waals surface area contributed by atoms with Crippen LogP contribution < -0.4 is 20.1 Å². The monoisotopic (exact) mass is 622 g/mol. The second-order valence-electron chi connectivity index (χ2n) is 11.6. The predicted molar refractivity (Wildman–Crippen MR) is 153 cm³/mol. The lowest BCUT2D eigenvalue weighted by Gasteiger charge is -2.41. The van der Waals surface area contributed by atoms with Crippen molar-refractivity contribution in [2.75, 3.05) is 33.4 Å². The number of amides is 1. The van der Waals surface area contributed by atoms with Crippen LogP contribution in [-0.2, 0) is 25.5 Å². The summed E-state index contributed by atoms with van der Waals surface area (Å²) in [5, 5.41) is 57.6. The number of furan rings is 1. The van der Waals surface area contributed by atoms with Crippen molar-refractivity contribution in [1.29, 1.82) is 0 Å². The minimum atomic E-state index is -2.19. The van der Waals surface area contributed by atoms with Crippen molar-refractivity contribution < 1.29 is 58.5 Å². The van der Waals surface area contributed by atoms with Gasteiger partial charge in [-0.25, -0.2) is 0 Å². The maximum Gasteiger partial charge on any atom is 0.306 e. The number of rotatable bonds is 12. The van der Waals surface area contributed by atoms with E-state index in [0.29, 0.717) is 29.6 Å². The normalized spacial score (nSPS) is 28.1. The predicted octanol–water partition coefficient (Wildman–Crippen LogP) is -0.202. The molecule has 14 nitrogen and oxygen atoms in total. The van der Waals surface area contributed by atoms with Crippen LogP contribution in [0.3, 0.4) is 0 Å². The third-order valence-corrected chi connectivity index (χ3v) is 8.98. The Hall–Kier alpha value is -2.98. The summed E-state index contributed by atoms with van der Waals surface area (Å²) in [4.78, 5) is 25.5. The van der Waals surface area contributed by atoms with Crippen LogP contribution in [0.5, 0.6) is 11.5 Å². The van der Waals surface area contributed by atoms with Gasteiger partial charge in [0.1, 0.15) is 31.0 Å². The maximum absolute atomic E-state index is 13.1. The molecule has 3 heterocycles. The number of carbonyl (C=O) groups excluding carboxylic acids is 2. The lowest BCUT2D eigenvalue weighted by Crippen LogP contribution is -2.62. The highest BCUT2D eigenvalue weighted by Crippen LogP contribution is 2.54. The third-order valence-electron chi connectivity index (χ3n) is 8.98. The number of esters is 1. The Kier molecular flexibility index (Phi) is 9.99. The van der Waals surface area contributed by atoms with Crippen LogP contribution in [0.15, 0.2) is 16.7 Å². The van der Waals surface area contributed by atoms with Gasteiger partial charge in [-0.05, 0) is 44.9 Å². The van der Waals surface area contributed by atoms with E-state index in [-0.39, 0.29) is 49.4 Å². The van der Waals surface area contributed by atoms with E-state index in [9.17, 15) is 35.1 Å². The number of likely N-dealkylation sites (N-methyl/N-ethyl adjacent to an activating group) is 1. The van der Waals surface area contributed by atoms with Gasteiger partial charge in [0, 0.05) is 36.4 Å². The van der Waals surface area contributed by atoms with Crippen molar-refractivity contribution in [3.8, 4) is 11.5 Å². The van der Waals surface area contributed by atoms with E-state index >= 15 is 0 Å². The number of ether oxygens (including phenoxy) is 4. The Morgan fingerprint density at radius 2 is 1.91 bits per heavy atom. The molecule has 44 heavy (non-hydrogen) atoms. The van der Waals surface area contributed by atoms with Gasteiger partial charge in [0.15, 0.2) is 17.6 Å². The first kappa shape index (κ1) is 32.4. The van der Waals surface area contributed by atoms with Crippen LogP contribution in [0.1, 0.15) is 56.1 Å². The third kappa shape index (κ3) is 5.99. The molecule has 1 amide bonds. The summed E-state index contributed by atoms with van der Waals surface area (Å²) >= 11 is 0. The van der Waals surface area contributed by atoms with Crippen molar-refractivity contribution in [3.05, 3.63) is 23.5 Å². The van der Waals surface area contributed by atoms with Crippen LogP contribution in [0.2, 0.25) is 0 Å². The van der Waals surface area contributed by atoms with E-state index in [2.05, 4.69) is 10.6 Å². The van der Waals surface area contributed by atoms with Gasteiger partial charge in [0.05, 0.1) is 18.3 Å². The molecule has 0 radical (unpaired) electrons. The van der Waals surface area contributed by atoms with E-state index in [0.717, 1.165) is 31.2 Å². The molecule has 2 aromatic rings. The number of fused-ring (bicyclic) bond motifs is 1. The first-order chi connectivity index (χ1) is 21.1. The van der Waals surface area contributed by atoms with Gasteiger partial charge in [-0.15, -0.1) is 0 Å². The second-order valence-corrected chi connectivity index (χ2v) is 11.6. The minimum absolute atomic E-state index is 0.0281. The zero-order valence-corrected chi connectivity index (χ0v) is 24.9. The molecule has 5 rings (SSSR count). The molecule has 2 saturated heterocycles. The lowest BCUT2D eigenvalue weighted by molar-refractivity contribution is -0.310. The molecule has 0 bridgehead atoms. The highest BCUT2D eigenvalue weighted by atomic mass is 16.7. The average molecular weight is 623 g/mol. The fourth-order valence-electron chi connectivity index (χ4n) is 6.68. The van der Waals surface area contributed by atoms with Crippen molar-refractivity contribution in [1.82, 2.24) is 10.6 Å². The molecule has 1 aliphatic carbocycles. The molecule has 3 aliphatic rings. The number of aliphatic hydroxyl groups excluding tert-OH is 4. The molecule has 244 valence electrons. The number of aliphatic hydroxyl groups is 5. The van der Waals surface area contributed by atoms with Crippen LogP contribution in [0, 0.1) is 5.41 Å². The molecular weight excluding hydrogens is 580 g/mol. The first-order valence-corrected chi connectivity index (χ1v) is 15.1. The van der Waals surface area contributed by atoms with Gasteiger partial charge in [-0.1, -0.05) is 12.8 Å². The van der Waals surface area contributed by atoms with Gasteiger partial charge in [0.2, 0.25) is 17.9 Å². The molecule has 0 unspecified atom stereocenters. The Labute approximate surface area is 254 Å². The fourth-order valence-corrected chi connectivity index (χ4v) is 6.68. The smallest absolute Gasteiger partial charge is 0.306 e. The van der Waals surface area contributed by atoms with Gasteiger partial charge < -0.3 is 59.5 Å². The minimum Gasteiger partial charge on any atom is -0.485 e. The van der Waals surface area contributed by atoms with Crippen LogP contribution in [-0.4, -0.2) is 108 Å². The molecule has 6 atom stereocenters. The number of nitrogens with one attached hydrogen (secondary N) is 2. The molecule has 7 N–H and O–H groups in total. The van der Waals surface area contributed by atoms with E-state index in [4.69, 9.17) is 23.4 Å². The molecule has 14 heteroatoms. The number of hydrogen-bond acceptors (Lipinski definition) is 13. The average Bonchev–Trinajstić information content (AvgIpc) is 3.73. The number of carbonyl (C=O) groups is 2. The standard InChI is InChI=1S/C30H42N2O12/c1-3-40-19(33)7-6-15-12-16-17(18-13-32-29(39)30(18)8-4-5-9-30)14-42-24(16)26(41-11-10-31-2)23(15)43-28-22(36)20(34)21(35)25(44-28)27(37)38/h12,14,18,20-22,25,27-28,31,34-38H,3-11,13H2,1-2H3,(H,32,39)/t18-,20+,21+,22-,25+,28-/m1/s1. The lowest BCUT2D eigenvalue weighted by atomic mass is 9.72. The van der Waals surface area contributed by atoms with Crippen LogP contribution >= 0.6 is 0 Å². The molecule has 1 spiro atoms. The fraction of sp³-hybridized carbons (Fsp3) is 0.667. The largest absolute Gasteiger partial charge is 0.485 e. The highest BCUT2D eigenvalue weighted by Gasteiger charge is 2.53. The summed E-state index contributed by atoms with van der Waals surface area (Å²) in [7, 11) is 1.75. The van der Waals surface area contributed by atoms with Gasteiger partial charge in [0.25, 0.3) is 0 Å². The van der Waals surface area contributed by atoms with Crippen molar-refractivity contribution in [3.63, 3.8) is 0 Å². The summed E-state index contributed by atoms with van der Waals surface area (Å²) < 4.78 is 29.0. The molecule has 1 saturated carbocycles. The van der Waals surface area contributed by atoms with Gasteiger partial charge >= 0.3 is 5.97 Å². The number of aryl methyl sites for hydroxylation is 1. The first-order valence-electron chi connectivity index (χ1n) is 15.1. The Morgan fingerprint density at radius 3 is 2.59 bits per heavy atom. The van der Waals surface area contributed by atoms with Crippen LogP contribution in [0.25, 0.3) is 11.0 Å². The quantitative estimate of drug-likeness (QED) is 0.0930. The van der Waals surface area contributed by atoms with Crippen LogP contribution in [0.4, 0.5) is 0 Å². The number of hydrogen-bond donors (Lipinski definition) is 7. The summed E-state index contributed by atoms with van der Waals surface area (Å²) in [6, 6.07) is 1.79. The Morgan fingerprint density at radius 1 is 1.16 bits per heavy atom. The molecule has 1 aromatic carbocycles. The van der Waals surface area contributed by atoms with Gasteiger partial charge in [-0.3, -0.25) is 9.59 Å². The zero-order chi connectivity index (χ0) is 31.6. The second kappa shape index (κ2) is 13.6. The molecule has 1 aromatic heterocycles. The topological polar surface area (TPSA) is 209 Å². The van der Waals surface area contributed by atoms with E-state index in [1.807, 2.05) is 0 Å². The Balaban J connectivity index is 1.61. The number of benzene rings is 1. The molecule has 3 fully saturated rings. The zero-order valence-electron chi connectivity index (χ0n) is 24.9. The van der Waals surface area contributed by atoms with E-state index in [1.165, 1.54) is 0 Å². The summed E-state index contributed by atoms with van der Waals surface area (Å²) in [5.74, 6) is -0.394. The van der Waals surface area contributed by atoms with E-state index in [1.54, 1.807) is 26.3 Å². The summed E-state index contributed by atoms with van der Waals surface area (Å²) in [6.07, 6.45) is -5.83. The summed E-state index contributed by atoms with van der Waals surface area (Å²) in [6.45, 7) is 2.96. The van der Waals surface area contributed by atoms with Gasteiger partial charge in [-0.2, -0.15) is 0 Å². The van der Waals surface area contributed by atoms with Crippen molar-refractivity contribution in [2.45, 2.75) is 88.4 Å².